The fourth-order valence-corrected chi connectivity index (χ4v) is 2.06. The van der Waals surface area contributed by atoms with Crippen LogP contribution in [0.2, 0.25) is 0 Å². The van der Waals surface area contributed by atoms with Gasteiger partial charge in [0.05, 0.1) is 7.11 Å². The van der Waals surface area contributed by atoms with Gasteiger partial charge in [-0.15, -0.1) is 0 Å². The molecule has 0 radical (unpaired) electrons. The Kier molecular flexibility index (Phi) is 4.53. The molecule has 0 atom stereocenters. The zero-order valence-electron chi connectivity index (χ0n) is 11.1. The Morgan fingerprint density at radius 1 is 1.16 bits per heavy atom. The molecule has 19 heavy (non-hydrogen) atoms. The van der Waals surface area contributed by atoms with Gasteiger partial charge in [-0.05, 0) is 36.8 Å². The van der Waals surface area contributed by atoms with E-state index in [0.717, 1.165) is 22.8 Å². The number of nitrogens with one attached hydrogen (secondary N) is 1. The van der Waals surface area contributed by atoms with Crippen LogP contribution in [0.4, 0.5) is 0 Å². The van der Waals surface area contributed by atoms with Crippen molar-refractivity contribution in [3.05, 3.63) is 65.2 Å². The zero-order chi connectivity index (χ0) is 13.7. The second kappa shape index (κ2) is 6.34. The topological polar surface area (TPSA) is 21.3 Å². The minimum atomic E-state index is 0.743. The summed E-state index contributed by atoms with van der Waals surface area (Å²) in [5, 5.41) is 3.27. The maximum atomic E-state index is 5.38. The van der Waals surface area contributed by atoms with Gasteiger partial charge in [0.2, 0.25) is 0 Å². The minimum Gasteiger partial charge on any atom is -0.497 e. The number of aryl methyl sites for hydroxylation is 1. The molecular formula is C16H17NOS. The Morgan fingerprint density at radius 2 is 1.89 bits per heavy atom. The van der Waals surface area contributed by atoms with Crippen LogP contribution in [0, 0.1) is 6.92 Å². The lowest BCUT2D eigenvalue weighted by Gasteiger charge is -2.09. The van der Waals surface area contributed by atoms with E-state index in [1.54, 1.807) is 7.11 Å². The molecule has 2 aromatic rings. The van der Waals surface area contributed by atoms with E-state index >= 15 is 0 Å². The molecule has 2 aromatic carbocycles. The molecular weight excluding hydrogens is 254 g/mol. The molecule has 0 fully saturated rings. The fourth-order valence-electron chi connectivity index (χ4n) is 1.85. The zero-order valence-corrected chi connectivity index (χ0v) is 12.0. The van der Waals surface area contributed by atoms with Gasteiger partial charge in [-0.25, -0.2) is 0 Å². The second-order valence-corrected chi connectivity index (χ2v) is 4.81. The van der Waals surface area contributed by atoms with E-state index in [9.17, 15) is 0 Å². The van der Waals surface area contributed by atoms with Gasteiger partial charge in [-0.2, -0.15) is 0 Å². The van der Waals surface area contributed by atoms with Crippen molar-refractivity contribution in [2.24, 2.45) is 0 Å². The van der Waals surface area contributed by atoms with Crippen LogP contribution in [0.25, 0.3) is 0 Å². The molecule has 0 aliphatic heterocycles. The van der Waals surface area contributed by atoms with Gasteiger partial charge < -0.3 is 10.1 Å². The van der Waals surface area contributed by atoms with E-state index in [1.807, 2.05) is 24.3 Å². The van der Waals surface area contributed by atoms with Crippen molar-refractivity contribution in [3.63, 3.8) is 0 Å². The average molecular weight is 271 g/mol. The molecule has 0 spiro atoms. The Hall–Kier alpha value is -1.87. The number of rotatable bonds is 4. The number of ether oxygens (including phenoxy) is 1. The highest BCUT2D eigenvalue weighted by atomic mass is 32.1. The standard InChI is InChI=1S/C16H17NOS/c1-12-4-3-5-13(10-12)11-17-16(19)14-6-8-15(18-2)9-7-14/h3-10H,11H2,1-2H3,(H,17,19). The molecule has 0 saturated carbocycles. The summed E-state index contributed by atoms with van der Waals surface area (Å²) in [4.78, 5) is 0.754. The first-order chi connectivity index (χ1) is 9.19. The lowest BCUT2D eigenvalue weighted by Crippen LogP contribution is -2.21. The van der Waals surface area contributed by atoms with Gasteiger partial charge in [0, 0.05) is 12.1 Å². The van der Waals surface area contributed by atoms with Crippen LogP contribution < -0.4 is 10.1 Å². The maximum absolute atomic E-state index is 5.38. The lowest BCUT2D eigenvalue weighted by molar-refractivity contribution is 0.415. The molecule has 3 heteroatoms. The number of methoxy groups -OCH3 is 1. The third kappa shape index (κ3) is 3.80. The maximum Gasteiger partial charge on any atom is 0.118 e. The van der Waals surface area contributed by atoms with Gasteiger partial charge in [-0.3, -0.25) is 0 Å². The third-order valence-corrected chi connectivity index (χ3v) is 3.27. The molecule has 0 aliphatic rings. The van der Waals surface area contributed by atoms with Crippen molar-refractivity contribution in [3.8, 4) is 5.75 Å². The van der Waals surface area contributed by atoms with E-state index in [1.165, 1.54) is 11.1 Å². The first-order valence-corrected chi connectivity index (χ1v) is 6.57. The van der Waals surface area contributed by atoms with Crippen LogP contribution in [0.15, 0.2) is 48.5 Å². The van der Waals surface area contributed by atoms with Crippen LogP contribution >= 0.6 is 12.2 Å². The molecule has 0 heterocycles. The summed E-state index contributed by atoms with van der Waals surface area (Å²) >= 11 is 5.38. The predicted molar refractivity (Wildman–Crippen MR) is 82.7 cm³/mol. The molecule has 0 aromatic heterocycles. The molecule has 0 amide bonds. The largest absolute Gasteiger partial charge is 0.497 e. The average Bonchev–Trinajstić information content (AvgIpc) is 2.45. The van der Waals surface area contributed by atoms with Gasteiger partial charge in [0.1, 0.15) is 10.7 Å². The molecule has 98 valence electrons. The van der Waals surface area contributed by atoms with Gasteiger partial charge in [0.15, 0.2) is 0 Å². The Bertz CT molecular complexity index is 563. The number of hydrogen-bond donors (Lipinski definition) is 1. The van der Waals surface area contributed by atoms with Crippen molar-refractivity contribution in [2.45, 2.75) is 13.5 Å². The predicted octanol–water partition coefficient (Wildman–Crippen LogP) is 3.47. The summed E-state index contributed by atoms with van der Waals surface area (Å²) in [7, 11) is 1.66. The molecule has 2 rings (SSSR count). The van der Waals surface area contributed by atoms with Crippen LogP contribution in [0.1, 0.15) is 16.7 Å². The van der Waals surface area contributed by atoms with Crippen LogP contribution in [0.5, 0.6) is 5.75 Å². The Balaban J connectivity index is 1.97. The summed E-state index contributed by atoms with van der Waals surface area (Å²) < 4.78 is 5.13. The molecule has 0 bridgehead atoms. The lowest BCUT2D eigenvalue weighted by atomic mass is 10.1. The SMILES string of the molecule is COc1ccc(C(=S)NCc2cccc(C)c2)cc1. The van der Waals surface area contributed by atoms with E-state index in [2.05, 4.69) is 36.5 Å². The number of benzene rings is 2. The van der Waals surface area contributed by atoms with Crippen molar-refractivity contribution in [2.75, 3.05) is 7.11 Å². The van der Waals surface area contributed by atoms with E-state index in [4.69, 9.17) is 17.0 Å². The highest BCUT2D eigenvalue weighted by molar-refractivity contribution is 7.80. The van der Waals surface area contributed by atoms with Crippen LogP contribution in [-0.4, -0.2) is 12.1 Å². The highest BCUT2D eigenvalue weighted by Crippen LogP contribution is 2.12. The van der Waals surface area contributed by atoms with Gasteiger partial charge in [-0.1, -0.05) is 42.0 Å². The molecule has 0 aliphatic carbocycles. The first kappa shape index (κ1) is 13.6. The summed E-state index contributed by atoms with van der Waals surface area (Å²) in [5.74, 6) is 0.838. The van der Waals surface area contributed by atoms with E-state index in [-0.39, 0.29) is 0 Å². The van der Waals surface area contributed by atoms with Crippen molar-refractivity contribution in [1.29, 1.82) is 0 Å². The summed E-state index contributed by atoms with van der Waals surface area (Å²) in [6.45, 7) is 2.83. The molecule has 1 N–H and O–H groups in total. The van der Waals surface area contributed by atoms with Crippen molar-refractivity contribution in [1.82, 2.24) is 5.32 Å². The highest BCUT2D eigenvalue weighted by Gasteiger charge is 2.01. The van der Waals surface area contributed by atoms with Crippen molar-refractivity contribution < 1.29 is 4.74 Å². The number of thiocarbonyl (C=S) groups is 1. The normalized spacial score (nSPS) is 10.0. The van der Waals surface area contributed by atoms with Gasteiger partial charge >= 0.3 is 0 Å². The van der Waals surface area contributed by atoms with Gasteiger partial charge in [0.25, 0.3) is 0 Å². The fraction of sp³-hybridized carbons (Fsp3) is 0.188. The summed E-state index contributed by atoms with van der Waals surface area (Å²) in [6, 6.07) is 16.1. The second-order valence-electron chi connectivity index (χ2n) is 4.40. The summed E-state index contributed by atoms with van der Waals surface area (Å²) in [5.41, 5.74) is 3.49. The smallest absolute Gasteiger partial charge is 0.118 e. The monoisotopic (exact) mass is 271 g/mol. The Labute approximate surface area is 119 Å². The van der Waals surface area contributed by atoms with E-state index < -0.39 is 0 Å². The minimum absolute atomic E-state index is 0.743. The molecule has 2 nitrogen and oxygen atoms in total. The third-order valence-electron chi connectivity index (χ3n) is 2.89. The van der Waals surface area contributed by atoms with Crippen molar-refractivity contribution >= 4 is 17.2 Å². The molecule has 0 saturated heterocycles. The quantitative estimate of drug-likeness (QED) is 0.860. The number of hydrogen-bond acceptors (Lipinski definition) is 2. The summed E-state index contributed by atoms with van der Waals surface area (Å²) in [6.07, 6.45) is 0. The Morgan fingerprint density at radius 3 is 2.53 bits per heavy atom. The first-order valence-electron chi connectivity index (χ1n) is 6.17. The van der Waals surface area contributed by atoms with E-state index in [0.29, 0.717) is 0 Å². The van der Waals surface area contributed by atoms with Crippen LogP contribution in [-0.2, 0) is 6.54 Å². The molecule has 0 unspecified atom stereocenters. The van der Waals surface area contributed by atoms with Crippen LogP contribution in [0.3, 0.4) is 0 Å².